The highest BCUT2D eigenvalue weighted by molar-refractivity contribution is 9.10. The van der Waals surface area contributed by atoms with Crippen molar-refractivity contribution in [2.45, 2.75) is 6.92 Å². The first kappa shape index (κ1) is 14.5. The number of anilines is 2. The summed E-state index contributed by atoms with van der Waals surface area (Å²) in [6.07, 6.45) is 0. The summed E-state index contributed by atoms with van der Waals surface area (Å²) in [5.74, 6) is 1.70. The van der Waals surface area contributed by atoms with E-state index in [-0.39, 0.29) is 6.01 Å². The third-order valence-corrected chi connectivity index (χ3v) is 2.84. The van der Waals surface area contributed by atoms with Crippen LogP contribution in [0.25, 0.3) is 0 Å². The van der Waals surface area contributed by atoms with Gasteiger partial charge in [0.05, 0.1) is 0 Å². The van der Waals surface area contributed by atoms with E-state index in [4.69, 9.17) is 4.74 Å². The standard InChI is InChI=1S/C13H16BrN5O/c1-4-15-11-16-12(19(2)3)18-13(17-11)20-10-7-5-6-9(14)8-10/h5-8H,4H2,1-3H3,(H,15,16,17,18). The summed E-state index contributed by atoms with van der Waals surface area (Å²) < 4.78 is 6.61. The lowest BCUT2D eigenvalue weighted by Gasteiger charge is -2.13. The number of hydrogen-bond acceptors (Lipinski definition) is 6. The number of benzene rings is 1. The van der Waals surface area contributed by atoms with E-state index in [1.807, 2.05) is 45.3 Å². The molecule has 0 saturated carbocycles. The second kappa shape index (κ2) is 6.51. The van der Waals surface area contributed by atoms with Crippen LogP contribution in [0.1, 0.15) is 6.92 Å². The van der Waals surface area contributed by atoms with Gasteiger partial charge in [0.15, 0.2) is 0 Å². The lowest BCUT2D eigenvalue weighted by atomic mass is 10.3. The molecular weight excluding hydrogens is 322 g/mol. The van der Waals surface area contributed by atoms with Gasteiger partial charge in [0.1, 0.15) is 5.75 Å². The number of nitrogens with zero attached hydrogens (tertiary/aromatic N) is 4. The molecule has 0 atom stereocenters. The maximum Gasteiger partial charge on any atom is 0.328 e. The molecule has 0 aliphatic heterocycles. The maximum atomic E-state index is 5.68. The summed E-state index contributed by atoms with van der Waals surface area (Å²) in [6.45, 7) is 2.71. The Kier molecular flexibility index (Phi) is 4.73. The summed E-state index contributed by atoms with van der Waals surface area (Å²) in [7, 11) is 3.74. The second-order valence-electron chi connectivity index (χ2n) is 4.23. The number of ether oxygens (including phenoxy) is 1. The summed E-state index contributed by atoms with van der Waals surface area (Å²) >= 11 is 3.40. The predicted octanol–water partition coefficient (Wildman–Crippen LogP) is 2.92. The third-order valence-electron chi connectivity index (χ3n) is 2.34. The van der Waals surface area contributed by atoms with Crippen LogP contribution in [0, 0.1) is 0 Å². The van der Waals surface area contributed by atoms with Crippen molar-refractivity contribution in [1.82, 2.24) is 15.0 Å². The fourth-order valence-corrected chi connectivity index (χ4v) is 1.84. The minimum absolute atomic E-state index is 0.262. The molecule has 0 bridgehead atoms. The molecule has 2 rings (SSSR count). The van der Waals surface area contributed by atoms with E-state index in [9.17, 15) is 0 Å². The van der Waals surface area contributed by atoms with E-state index in [0.29, 0.717) is 17.6 Å². The van der Waals surface area contributed by atoms with Crippen molar-refractivity contribution in [2.24, 2.45) is 0 Å². The number of aromatic nitrogens is 3. The van der Waals surface area contributed by atoms with Crippen LogP contribution >= 0.6 is 15.9 Å². The third kappa shape index (κ3) is 3.80. The molecule has 6 nitrogen and oxygen atoms in total. The molecule has 0 aliphatic carbocycles. The van der Waals surface area contributed by atoms with E-state index in [0.717, 1.165) is 11.0 Å². The molecular formula is C13H16BrN5O. The summed E-state index contributed by atoms with van der Waals surface area (Å²) in [5, 5.41) is 3.06. The van der Waals surface area contributed by atoms with Crippen LogP contribution in [0.15, 0.2) is 28.7 Å². The Hall–Kier alpha value is -1.89. The van der Waals surface area contributed by atoms with Gasteiger partial charge in [-0.1, -0.05) is 22.0 Å². The SMILES string of the molecule is CCNc1nc(Oc2cccc(Br)c2)nc(N(C)C)n1. The number of nitrogens with one attached hydrogen (secondary N) is 1. The van der Waals surface area contributed by atoms with Crippen molar-refractivity contribution in [1.29, 1.82) is 0 Å². The lowest BCUT2D eigenvalue weighted by Crippen LogP contribution is -2.15. The van der Waals surface area contributed by atoms with Gasteiger partial charge in [-0.2, -0.15) is 15.0 Å². The molecule has 1 N–H and O–H groups in total. The minimum atomic E-state index is 0.262. The van der Waals surface area contributed by atoms with Gasteiger partial charge in [-0.25, -0.2) is 0 Å². The predicted molar refractivity (Wildman–Crippen MR) is 82.5 cm³/mol. The van der Waals surface area contributed by atoms with Crippen LogP contribution in [0.4, 0.5) is 11.9 Å². The van der Waals surface area contributed by atoms with Crippen LogP contribution < -0.4 is 15.0 Å². The molecule has 2 aromatic rings. The van der Waals surface area contributed by atoms with Crippen molar-refractivity contribution in [3.8, 4) is 11.8 Å². The van der Waals surface area contributed by atoms with Gasteiger partial charge in [-0.15, -0.1) is 0 Å². The van der Waals surface area contributed by atoms with Gasteiger partial charge in [-0.05, 0) is 25.1 Å². The highest BCUT2D eigenvalue weighted by atomic mass is 79.9. The summed E-state index contributed by atoms with van der Waals surface area (Å²) in [5.41, 5.74) is 0. The van der Waals surface area contributed by atoms with Crippen molar-refractivity contribution in [3.63, 3.8) is 0 Å². The fourth-order valence-electron chi connectivity index (χ4n) is 1.46. The second-order valence-corrected chi connectivity index (χ2v) is 5.14. The minimum Gasteiger partial charge on any atom is -0.424 e. The fraction of sp³-hybridized carbons (Fsp3) is 0.308. The van der Waals surface area contributed by atoms with Crippen LogP contribution in [0.2, 0.25) is 0 Å². The van der Waals surface area contributed by atoms with Crippen LogP contribution in [-0.2, 0) is 0 Å². The van der Waals surface area contributed by atoms with Crippen molar-refractivity contribution >= 4 is 27.8 Å². The number of hydrogen-bond donors (Lipinski definition) is 1. The zero-order chi connectivity index (χ0) is 14.5. The van der Waals surface area contributed by atoms with Gasteiger partial charge < -0.3 is 15.0 Å². The Labute approximate surface area is 126 Å². The largest absolute Gasteiger partial charge is 0.424 e. The van der Waals surface area contributed by atoms with E-state index in [1.54, 1.807) is 4.90 Å². The van der Waals surface area contributed by atoms with E-state index in [1.165, 1.54) is 0 Å². The lowest BCUT2D eigenvalue weighted by molar-refractivity contribution is 0.440. The molecule has 20 heavy (non-hydrogen) atoms. The molecule has 0 radical (unpaired) electrons. The first-order valence-electron chi connectivity index (χ1n) is 6.19. The van der Waals surface area contributed by atoms with Crippen LogP contribution in [0.5, 0.6) is 11.8 Å². The molecule has 0 unspecified atom stereocenters. The topological polar surface area (TPSA) is 63.2 Å². The molecule has 0 amide bonds. The normalized spacial score (nSPS) is 10.2. The zero-order valence-corrected chi connectivity index (χ0v) is 13.2. The Bertz CT molecular complexity index is 591. The zero-order valence-electron chi connectivity index (χ0n) is 11.6. The van der Waals surface area contributed by atoms with Crippen LogP contribution in [-0.4, -0.2) is 35.6 Å². The molecule has 0 fully saturated rings. The quantitative estimate of drug-likeness (QED) is 0.904. The molecule has 1 aromatic carbocycles. The Morgan fingerprint density at radius 1 is 1.25 bits per heavy atom. The van der Waals surface area contributed by atoms with Crippen molar-refractivity contribution in [2.75, 3.05) is 30.9 Å². The highest BCUT2D eigenvalue weighted by Gasteiger charge is 2.09. The van der Waals surface area contributed by atoms with E-state index < -0.39 is 0 Å². The first-order chi connectivity index (χ1) is 9.58. The average molecular weight is 338 g/mol. The van der Waals surface area contributed by atoms with Gasteiger partial charge in [0.25, 0.3) is 0 Å². The maximum absolute atomic E-state index is 5.68. The Morgan fingerprint density at radius 3 is 2.70 bits per heavy atom. The summed E-state index contributed by atoms with van der Waals surface area (Å²) in [6, 6.07) is 7.77. The van der Waals surface area contributed by atoms with Crippen LogP contribution in [0.3, 0.4) is 0 Å². The Balaban J connectivity index is 2.30. The smallest absolute Gasteiger partial charge is 0.328 e. The van der Waals surface area contributed by atoms with Gasteiger partial charge >= 0.3 is 6.01 Å². The monoisotopic (exact) mass is 337 g/mol. The molecule has 0 spiro atoms. The molecule has 0 aliphatic rings. The number of halogens is 1. The number of rotatable bonds is 5. The van der Waals surface area contributed by atoms with Crippen molar-refractivity contribution in [3.05, 3.63) is 28.7 Å². The highest BCUT2D eigenvalue weighted by Crippen LogP contribution is 2.23. The van der Waals surface area contributed by atoms with E-state index >= 15 is 0 Å². The average Bonchev–Trinajstić information content (AvgIpc) is 2.38. The molecule has 7 heteroatoms. The van der Waals surface area contributed by atoms with E-state index in [2.05, 4.69) is 36.2 Å². The molecule has 0 saturated heterocycles. The van der Waals surface area contributed by atoms with Gasteiger partial charge in [-0.3, -0.25) is 0 Å². The summed E-state index contributed by atoms with van der Waals surface area (Å²) in [4.78, 5) is 14.6. The molecule has 1 aromatic heterocycles. The van der Waals surface area contributed by atoms with Gasteiger partial charge in [0.2, 0.25) is 11.9 Å². The molecule has 106 valence electrons. The van der Waals surface area contributed by atoms with Gasteiger partial charge in [0, 0.05) is 25.1 Å². The van der Waals surface area contributed by atoms with Crippen molar-refractivity contribution < 1.29 is 4.74 Å². The molecule has 1 heterocycles. The first-order valence-corrected chi connectivity index (χ1v) is 6.98. The Morgan fingerprint density at radius 2 is 2.05 bits per heavy atom.